The lowest BCUT2D eigenvalue weighted by Gasteiger charge is -2.21. The minimum Gasteiger partial charge on any atom is -0.345 e. The average Bonchev–Trinajstić information content (AvgIpc) is 2.53. The zero-order valence-electron chi connectivity index (χ0n) is 15.9. The van der Waals surface area contributed by atoms with Gasteiger partial charge >= 0.3 is 0 Å². The third-order valence-corrected chi connectivity index (χ3v) is 4.98. The van der Waals surface area contributed by atoms with Crippen molar-refractivity contribution in [2.24, 2.45) is 0 Å². The first-order valence-electron chi connectivity index (χ1n) is 8.57. The van der Waals surface area contributed by atoms with E-state index >= 15 is 0 Å². The summed E-state index contributed by atoms with van der Waals surface area (Å²) >= 11 is 0. The van der Waals surface area contributed by atoms with E-state index in [1.54, 1.807) is 25.1 Å². The van der Waals surface area contributed by atoms with Crippen LogP contribution in [0.25, 0.3) is 0 Å². The van der Waals surface area contributed by atoms with Crippen molar-refractivity contribution in [2.45, 2.75) is 40.2 Å². The molecule has 2 aromatic rings. The number of sulfonamides is 1. The number of carbonyl (C=O) groups excluding carboxylic acids is 1. The summed E-state index contributed by atoms with van der Waals surface area (Å²) in [7, 11) is -3.40. The molecular formula is C20H26N2O3S. The van der Waals surface area contributed by atoms with Crippen LogP contribution in [0.4, 0.5) is 5.69 Å². The molecule has 0 bridgehead atoms. The molecule has 2 rings (SSSR count). The van der Waals surface area contributed by atoms with Crippen LogP contribution in [0.3, 0.4) is 0 Å². The van der Waals surface area contributed by atoms with Gasteiger partial charge in [0.25, 0.3) is 5.91 Å². The third kappa shape index (κ3) is 4.85. The van der Waals surface area contributed by atoms with E-state index in [2.05, 4.69) is 16.1 Å². The Morgan fingerprint density at radius 1 is 1.12 bits per heavy atom. The van der Waals surface area contributed by atoms with Gasteiger partial charge < -0.3 is 5.32 Å². The molecule has 2 N–H and O–H groups in total. The van der Waals surface area contributed by atoms with Crippen LogP contribution in [0.2, 0.25) is 0 Å². The van der Waals surface area contributed by atoms with E-state index in [9.17, 15) is 13.2 Å². The molecule has 0 saturated carbocycles. The maximum atomic E-state index is 12.8. The second-order valence-electron chi connectivity index (χ2n) is 6.65. The summed E-state index contributed by atoms with van der Waals surface area (Å²) in [6.07, 6.45) is 1.85. The highest BCUT2D eigenvalue weighted by Crippen LogP contribution is 2.24. The van der Waals surface area contributed by atoms with Crippen LogP contribution >= 0.6 is 0 Å². The molecule has 26 heavy (non-hydrogen) atoms. The molecule has 5 nitrogen and oxygen atoms in total. The maximum absolute atomic E-state index is 12.8. The summed E-state index contributed by atoms with van der Waals surface area (Å²) in [5, 5.41) is 3.07. The molecule has 0 spiro atoms. The number of hydrogen-bond donors (Lipinski definition) is 2. The number of benzene rings is 2. The van der Waals surface area contributed by atoms with E-state index in [1.807, 2.05) is 32.9 Å². The zero-order chi connectivity index (χ0) is 19.5. The van der Waals surface area contributed by atoms with Gasteiger partial charge in [-0.3, -0.25) is 9.52 Å². The maximum Gasteiger partial charge on any atom is 0.252 e. The van der Waals surface area contributed by atoms with Crippen molar-refractivity contribution in [1.29, 1.82) is 0 Å². The molecule has 0 radical (unpaired) electrons. The van der Waals surface area contributed by atoms with Gasteiger partial charge in [0.2, 0.25) is 10.0 Å². The summed E-state index contributed by atoms with van der Waals surface area (Å²) in [6, 6.07) is 11.1. The molecule has 1 amide bonds. The Morgan fingerprint density at radius 2 is 1.81 bits per heavy atom. The van der Waals surface area contributed by atoms with E-state index < -0.39 is 10.0 Å². The first kappa shape index (κ1) is 20.0. The number of rotatable bonds is 6. The van der Waals surface area contributed by atoms with Crippen LogP contribution < -0.4 is 10.0 Å². The van der Waals surface area contributed by atoms with Crippen LogP contribution in [-0.4, -0.2) is 20.6 Å². The summed E-state index contributed by atoms with van der Waals surface area (Å²) in [5.41, 5.74) is 4.89. The second kappa shape index (κ2) is 7.91. The average molecular weight is 375 g/mol. The molecule has 0 heterocycles. The van der Waals surface area contributed by atoms with Crippen LogP contribution in [0, 0.1) is 20.8 Å². The highest BCUT2D eigenvalue weighted by molar-refractivity contribution is 7.92. The Hall–Kier alpha value is -2.34. The topological polar surface area (TPSA) is 75.3 Å². The van der Waals surface area contributed by atoms with Crippen molar-refractivity contribution in [1.82, 2.24) is 5.32 Å². The highest BCUT2D eigenvalue weighted by atomic mass is 32.2. The van der Waals surface area contributed by atoms with Gasteiger partial charge in [-0.2, -0.15) is 0 Å². The lowest BCUT2D eigenvalue weighted by molar-refractivity contribution is 0.0935. The Kier molecular flexibility index (Phi) is 6.08. The number of aryl methyl sites for hydroxylation is 2. The van der Waals surface area contributed by atoms with E-state index in [4.69, 9.17) is 0 Å². The molecule has 2 aromatic carbocycles. The number of amides is 1. The number of nitrogens with one attached hydrogen (secondary N) is 2. The van der Waals surface area contributed by atoms with Gasteiger partial charge in [0.15, 0.2) is 0 Å². The van der Waals surface area contributed by atoms with Crippen molar-refractivity contribution < 1.29 is 13.2 Å². The van der Waals surface area contributed by atoms with Crippen molar-refractivity contribution in [3.8, 4) is 0 Å². The molecule has 140 valence electrons. The second-order valence-corrected chi connectivity index (χ2v) is 8.40. The minimum atomic E-state index is -3.40. The fraction of sp³-hybridized carbons (Fsp3) is 0.350. The standard InChI is InChI=1S/C20H26N2O3S/c1-6-18(16-11-10-13(2)12-14(16)3)21-20(23)17-8-7-9-19(15(17)4)22-26(5,24)25/h7-12,18,22H,6H2,1-5H3,(H,21,23)/t18-/m1/s1. The first-order chi connectivity index (χ1) is 12.1. The van der Waals surface area contributed by atoms with Gasteiger partial charge in [0.1, 0.15) is 0 Å². The zero-order valence-corrected chi connectivity index (χ0v) is 16.7. The predicted octanol–water partition coefficient (Wildman–Crippen LogP) is 3.86. The molecule has 6 heteroatoms. The summed E-state index contributed by atoms with van der Waals surface area (Å²) in [6.45, 7) is 7.85. The van der Waals surface area contributed by atoms with Crippen LogP contribution in [-0.2, 0) is 10.0 Å². The Balaban J connectivity index is 2.29. The number of hydrogen-bond acceptors (Lipinski definition) is 3. The lowest BCUT2D eigenvalue weighted by Crippen LogP contribution is -2.29. The highest BCUT2D eigenvalue weighted by Gasteiger charge is 2.18. The van der Waals surface area contributed by atoms with Crippen LogP contribution in [0.15, 0.2) is 36.4 Å². The molecule has 0 unspecified atom stereocenters. The molecule has 0 aliphatic rings. The van der Waals surface area contributed by atoms with Gasteiger partial charge in [0, 0.05) is 5.56 Å². The smallest absolute Gasteiger partial charge is 0.252 e. The monoisotopic (exact) mass is 374 g/mol. The molecule has 0 aliphatic heterocycles. The normalized spacial score (nSPS) is 12.5. The first-order valence-corrected chi connectivity index (χ1v) is 10.5. The van der Waals surface area contributed by atoms with E-state index in [0.717, 1.165) is 23.8 Å². The number of anilines is 1. The van der Waals surface area contributed by atoms with Crippen molar-refractivity contribution in [3.05, 3.63) is 64.2 Å². The largest absolute Gasteiger partial charge is 0.345 e. The Bertz CT molecular complexity index is 921. The predicted molar refractivity (Wildman–Crippen MR) is 106 cm³/mol. The van der Waals surface area contributed by atoms with Gasteiger partial charge in [0.05, 0.1) is 18.0 Å². The van der Waals surface area contributed by atoms with E-state index in [0.29, 0.717) is 16.8 Å². The fourth-order valence-electron chi connectivity index (χ4n) is 3.04. The minimum absolute atomic E-state index is 0.103. The van der Waals surface area contributed by atoms with Crippen molar-refractivity contribution >= 4 is 21.6 Å². The molecule has 0 aromatic heterocycles. The Labute approximate surface area is 155 Å². The molecular weight excluding hydrogens is 348 g/mol. The van der Waals surface area contributed by atoms with Crippen LogP contribution in [0.5, 0.6) is 0 Å². The van der Waals surface area contributed by atoms with Crippen molar-refractivity contribution in [3.63, 3.8) is 0 Å². The summed E-state index contributed by atoms with van der Waals surface area (Å²) in [4.78, 5) is 12.8. The Morgan fingerprint density at radius 3 is 2.38 bits per heavy atom. The van der Waals surface area contributed by atoms with Gasteiger partial charge in [-0.15, -0.1) is 0 Å². The number of carbonyl (C=O) groups is 1. The quantitative estimate of drug-likeness (QED) is 0.806. The van der Waals surface area contributed by atoms with Crippen molar-refractivity contribution in [2.75, 3.05) is 11.0 Å². The van der Waals surface area contributed by atoms with Crippen LogP contribution in [0.1, 0.15) is 52.0 Å². The van der Waals surface area contributed by atoms with E-state index in [-0.39, 0.29) is 11.9 Å². The molecule has 0 fully saturated rings. The SMILES string of the molecule is CC[C@@H](NC(=O)c1cccc(NS(C)(=O)=O)c1C)c1ccc(C)cc1C. The van der Waals surface area contributed by atoms with Gasteiger partial charge in [-0.25, -0.2) is 8.42 Å². The fourth-order valence-corrected chi connectivity index (χ4v) is 3.66. The van der Waals surface area contributed by atoms with Gasteiger partial charge in [-0.1, -0.05) is 36.8 Å². The molecule has 1 atom stereocenters. The van der Waals surface area contributed by atoms with Gasteiger partial charge in [-0.05, 0) is 56.0 Å². The lowest BCUT2D eigenvalue weighted by atomic mass is 9.97. The molecule has 0 saturated heterocycles. The van der Waals surface area contributed by atoms with E-state index in [1.165, 1.54) is 5.56 Å². The summed E-state index contributed by atoms with van der Waals surface area (Å²) < 4.78 is 25.4. The molecule has 0 aliphatic carbocycles. The summed E-state index contributed by atoms with van der Waals surface area (Å²) in [5.74, 6) is -0.216. The third-order valence-electron chi connectivity index (χ3n) is 4.39.